The molecule has 2 aromatic heterocycles. The summed E-state index contributed by atoms with van der Waals surface area (Å²) < 4.78 is 0. The lowest BCUT2D eigenvalue weighted by Crippen LogP contribution is -2.36. The van der Waals surface area contributed by atoms with E-state index >= 15 is 0 Å². The minimum Gasteiger partial charge on any atom is -0.337 e. The normalized spacial score (nSPS) is 14.3. The van der Waals surface area contributed by atoms with Gasteiger partial charge in [-0.05, 0) is 49.4 Å². The van der Waals surface area contributed by atoms with Gasteiger partial charge in [-0.25, -0.2) is 4.98 Å². The first-order chi connectivity index (χ1) is 12.4. The van der Waals surface area contributed by atoms with Gasteiger partial charge in [-0.2, -0.15) is 5.10 Å². The third kappa shape index (κ3) is 2.89. The number of rotatable bonds is 3. The molecule has 3 aromatic rings. The van der Waals surface area contributed by atoms with Crippen molar-refractivity contribution in [2.75, 3.05) is 6.54 Å². The molecule has 0 radical (unpaired) electrons. The highest BCUT2D eigenvalue weighted by Gasteiger charge is 2.26. The predicted octanol–water partition coefficient (Wildman–Crippen LogP) is 3.50. The van der Waals surface area contributed by atoms with Crippen LogP contribution in [0.5, 0.6) is 0 Å². The average Bonchev–Trinajstić information content (AvgIpc) is 3.17. The fraction of sp³-hybridized carbons (Fsp3) is 0.450. The van der Waals surface area contributed by atoms with Gasteiger partial charge in [0.25, 0.3) is 0 Å². The highest BCUT2D eigenvalue weighted by Crippen LogP contribution is 2.29. The summed E-state index contributed by atoms with van der Waals surface area (Å²) in [6.07, 6.45) is 1.40. The van der Waals surface area contributed by atoms with Crippen molar-refractivity contribution < 1.29 is 4.79 Å². The van der Waals surface area contributed by atoms with Gasteiger partial charge in [-0.1, -0.05) is 13.8 Å². The first-order valence-corrected chi connectivity index (χ1v) is 9.23. The van der Waals surface area contributed by atoms with Crippen LogP contribution in [0.1, 0.15) is 42.7 Å². The summed E-state index contributed by atoms with van der Waals surface area (Å²) in [4.78, 5) is 22.4. The fourth-order valence-electron chi connectivity index (χ4n) is 3.59. The van der Waals surface area contributed by atoms with Crippen LogP contribution < -0.4 is 0 Å². The Hall–Kier alpha value is -2.63. The van der Waals surface area contributed by atoms with E-state index in [2.05, 4.69) is 55.0 Å². The van der Waals surface area contributed by atoms with Crippen molar-refractivity contribution >= 4 is 16.9 Å². The first-order valence-electron chi connectivity index (χ1n) is 9.23. The van der Waals surface area contributed by atoms with Gasteiger partial charge < -0.3 is 9.88 Å². The van der Waals surface area contributed by atoms with Gasteiger partial charge in [-0.3, -0.25) is 9.89 Å². The predicted molar refractivity (Wildman–Crippen MR) is 102 cm³/mol. The Labute approximate surface area is 153 Å². The maximum absolute atomic E-state index is 12.3. The maximum Gasteiger partial charge on any atom is 0.223 e. The van der Waals surface area contributed by atoms with E-state index in [9.17, 15) is 4.79 Å². The molecule has 6 nitrogen and oxygen atoms in total. The van der Waals surface area contributed by atoms with Crippen LogP contribution in [0.15, 0.2) is 12.1 Å². The van der Waals surface area contributed by atoms with Crippen LogP contribution in [0, 0.1) is 19.8 Å². The zero-order valence-electron chi connectivity index (χ0n) is 15.8. The summed E-state index contributed by atoms with van der Waals surface area (Å²) in [6, 6.07) is 4.24. The number of fused-ring (bicyclic) bond motifs is 2. The number of nitrogens with one attached hydrogen (secondary N) is 2. The zero-order valence-corrected chi connectivity index (χ0v) is 15.8. The minimum absolute atomic E-state index is 0.219. The van der Waals surface area contributed by atoms with Crippen molar-refractivity contribution in [3.8, 4) is 11.5 Å². The van der Waals surface area contributed by atoms with Crippen molar-refractivity contribution in [1.29, 1.82) is 0 Å². The molecule has 4 rings (SSSR count). The fourth-order valence-corrected chi connectivity index (χ4v) is 3.59. The molecule has 2 N–H and O–H groups in total. The molecule has 0 bridgehead atoms. The van der Waals surface area contributed by atoms with E-state index in [1.807, 2.05) is 4.90 Å². The number of aromatic nitrogens is 4. The Bertz CT molecular complexity index is 943. The lowest BCUT2D eigenvalue weighted by Gasteiger charge is -2.27. The smallest absolute Gasteiger partial charge is 0.223 e. The topological polar surface area (TPSA) is 77.7 Å². The quantitative estimate of drug-likeness (QED) is 0.758. The third-order valence-corrected chi connectivity index (χ3v) is 5.19. The second kappa shape index (κ2) is 6.27. The number of benzene rings is 1. The van der Waals surface area contributed by atoms with E-state index in [0.717, 1.165) is 41.2 Å². The van der Waals surface area contributed by atoms with Gasteiger partial charge >= 0.3 is 0 Å². The number of hydrogen-bond acceptors (Lipinski definition) is 3. The number of aryl methyl sites for hydroxylation is 2. The Balaban J connectivity index is 1.63. The number of amides is 1. The molecular formula is C20H25N5O. The van der Waals surface area contributed by atoms with Gasteiger partial charge in [0.1, 0.15) is 5.69 Å². The number of imidazole rings is 1. The zero-order chi connectivity index (χ0) is 18.4. The molecule has 0 saturated heterocycles. The standard InChI is InChI=1S/C20H25N5O/c1-11(2)7-18(26)25-6-5-14-17(10-25)23-24-19(14)20-21-15-8-12(3)13(4)9-16(15)22-20/h8-9,11H,5-7,10H2,1-4H3,(H,21,22)(H,23,24). The summed E-state index contributed by atoms with van der Waals surface area (Å²) in [5, 5.41) is 7.63. The van der Waals surface area contributed by atoms with Gasteiger partial charge in [-0.15, -0.1) is 0 Å². The molecule has 26 heavy (non-hydrogen) atoms. The van der Waals surface area contributed by atoms with Crippen molar-refractivity contribution in [3.05, 3.63) is 34.5 Å². The SMILES string of the molecule is Cc1cc2nc(-c3n[nH]c4c3CCN(C(=O)CC(C)C)C4)[nH]c2cc1C. The number of H-pyrrole nitrogens is 2. The molecule has 1 aliphatic heterocycles. The maximum atomic E-state index is 12.3. The van der Waals surface area contributed by atoms with Crippen molar-refractivity contribution in [1.82, 2.24) is 25.1 Å². The summed E-state index contributed by atoms with van der Waals surface area (Å²) in [7, 11) is 0. The molecule has 1 aromatic carbocycles. The van der Waals surface area contributed by atoms with Crippen molar-refractivity contribution in [2.24, 2.45) is 5.92 Å². The number of carbonyl (C=O) groups is 1. The molecule has 0 fully saturated rings. The van der Waals surface area contributed by atoms with Gasteiger partial charge in [0.05, 0.1) is 23.3 Å². The Morgan fingerprint density at radius 3 is 2.81 bits per heavy atom. The largest absolute Gasteiger partial charge is 0.337 e. The lowest BCUT2D eigenvalue weighted by molar-refractivity contribution is -0.132. The van der Waals surface area contributed by atoms with Gasteiger partial charge in [0.15, 0.2) is 5.82 Å². The van der Waals surface area contributed by atoms with Crippen LogP contribution in [0.25, 0.3) is 22.6 Å². The Morgan fingerprint density at radius 2 is 2.04 bits per heavy atom. The monoisotopic (exact) mass is 351 g/mol. The van der Waals surface area contributed by atoms with Crippen LogP contribution in [0.3, 0.4) is 0 Å². The molecule has 0 atom stereocenters. The van der Waals surface area contributed by atoms with E-state index in [0.29, 0.717) is 18.9 Å². The molecule has 0 unspecified atom stereocenters. The van der Waals surface area contributed by atoms with E-state index in [1.54, 1.807) is 0 Å². The molecule has 0 spiro atoms. The second-order valence-corrected chi connectivity index (χ2v) is 7.73. The molecular weight excluding hydrogens is 326 g/mol. The van der Waals surface area contributed by atoms with E-state index in [4.69, 9.17) is 4.98 Å². The molecule has 1 aliphatic rings. The molecule has 0 saturated carbocycles. The minimum atomic E-state index is 0.219. The molecule has 3 heterocycles. The summed E-state index contributed by atoms with van der Waals surface area (Å²) in [5.74, 6) is 1.39. The number of nitrogens with zero attached hydrogens (tertiary/aromatic N) is 3. The highest BCUT2D eigenvalue weighted by atomic mass is 16.2. The molecule has 6 heteroatoms. The molecule has 136 valence electrons. The number of aromatic amines is 2. The molecule has 0 aliphatic carbocycles. The number of hydrogen-bond donors (Lipinski definition) is 2. The van der Waals surface area contributed by atoms with Crippen LogP contribution in [0.4, 0.5) is 0 Å². The van der Waals surface area contributed by atoms with Crippen LogP contribution in [0.2, 0.25) is 0 Å². The van der Waals surface area contributed by atoms with Gasteiger partial charge in [0, 0.05) is 18.5 Å². The van der Waals surface area contributed by atoms with E-state index in [-0.39, 0.29) is 5.91 Å². The highest BCUT2D eigenvalue weighted by molar-refractivity contribution is 5.81. The summed E-state index contributed by atoms with van der Waals surface area (Å²) in [5.41, 5.74) is 7.55. The lowest BCUT2D eigenvalue weighted by atomic mass is 10.0. The Kier molecular flexibility index (Phi) is 4.05. The Morgan fingerprint density at radius 1 is 1.27 bits per heavy atom. The second-order valence-electron chi connectivity index (χ2n) is 7.73. The molecule has 1 amide bonds. The van der Waals surface area contributed by atoms with Gasteiger partial charge in [0.2, 0.25) is 5.91 Å². The van der Waals surface area contributed by atoms with E-state index in [1.165, 1.54) is 16.7 Å². The van der Waals surface area contributed by atoms with Crippen LogP contribution >= 0.6 is 0 Å². The first kappa shape index (κ1) is 16.8. The van der Waals surface area contributed by atoms with Crippen LogP contribution in [-0.2, 0) is 17.8 Å². The van der Waals surface area contributed by atoms with E-state index < -0.39 is 0 Å². The van der Waals surface area contributed by atoms with Crippen molar-refractivity contribution in [3.63, 3.8) is 0 Å². The average molecular weight is 351 g/mol. The number of carbonyl (C=O) groups excluding carboxylic acids is 1. The van der Waals surface area contributed by atoms with Crippen LogP contribution in [-0.4, -0.2) is 37.5 Å². The third-order valence-electron chi connectivity index (χ3n) is 5.19. The van der Waals surface area contributed by atoms with Crippen molar-refractivity contribution in [2.45, 2.75) is 47.1 Å². The summed E-state index contributed by atoms with van der Waals surface area (Å²) in [6.45, 7) is 9.70. The summed E-state index contributed by atoms with van der Waals surface area (Å²) >= 11 is 0.